The van der Waals surface area contributed by atoms with Crippen LogP contribution in [0.25, 0.3) is 0 Å². The second-order valence-corrected chi connectivity index (χ2v) is 10.6. The van der Waals surface area contributed by atoms with Crippen molar-refractivity contribution in [2.75, 3.05) is 6.54 Å². The van der Waals surface area contributed by atoms with Crippen LogP contribution >= 0.6 is 0 Å². The highest BCUT2D eigenvalue weighted by Gasteiger charge is 2.51. The van der Waals surface area contributed by atoms with E-state index in [0.717, 1.165) is 43.9 Å². The van der Waals surface area contributed by atoms with Crippen LogP contribution < -0.4 is 10.6 Å². The number of amides is 2. The predicted octanol–water partition coefficient (Wildman–Crippen LogP) is 2.53. The first kappa shape index (κ1) is 23.9. The molecule has 1 fully saturated rings. The zero-order valence-corrected chi connectivity index (χ0v) is 21.6. The molecule has 2 aromatic heterocycles. The van der Waals surface area contributed by atoms with Gasteiger partial charge in [0.1, 0.15) is 35.9 Å². The zero-order valence-electron chi connectivity index (χ0n) is 21.6. The highest BCUT2D eigenvalue weighted by Crippen LogP contribution is 2.38. The summed E-state index contributed by atoms with van der Waals surface area (Å²) in [6.07, 6.45) is 5.77. The van der Waals surface area contributed by atoms with E-state index >= 15 is 0 Å². The molecule has 4 atom stereocenters. The fourth-order valence-electron chi connectivity index (χ4n) is 6.27. The normalized spacial score (nSPS) is 23.5. The molecule has 37 heavy (non-hydrogen) atoms. The smallest absolute Gasteiger partial charge is 0.247 e. The number of carbonyl (C=O) groups is 2. The fraction of sp³-hybridized carbons (Fsp3) is 0.500. The third-order valence-electron chi connectivity index (χ3n) is 8.35. The fourth-order valence-corrected chi connectivity index (χ4v) is 6.27. The summed E-state index contributed by atoms with van der Waals surface area (Å²) in [4.78, 5) is 39.6. The van der Waals surface area contributed by atoms with E-state index in [2.05, 4.69) is 39.2 Å². The second-order valence-electron chi connectivity index (χ2n) is 10.6. The first-order valence-electron chi connectivity index (χ1n) is 13.3. The Kier molecular flexibility index (Phi) is 6.10. The van der Waals surface area contributed by atoms with Crippen LogP contribution in [0, 0.1) is 18.8 Å². The molecule has 3 aliphatic rings. The van der Waals surface area contributed by atoms with Crippen molar-refractivity contribution in [3.05, 3.63) is 71.0 Å². The molecule has 1 saturated heterocycles. The summed E-state index contributed by atoms with van der Waals surface area (Å²) in [7, 11) is 0. The number of aryl methyl sites for hydroxylation is 1. The van der Waals surface area contributed by atoms with Crippen LogP contribution in [0.4, 0.5) is 0 Å². The number of carbonyl (C=O) groups excluding carboxylic acids is 2. The molecule has 194 valence electrons. The average Bonchev–Trinajstić information content (AvgIpc) is 3.64. The lowest BCUT2D eigenvalue weighted by Gasteiger charge is -2.46. The topological polar surface area (TPSA) is 105 Å². The Morgan fingerprint density at radius 1 is 1.19 bits per heavy atom. The summed E-state index contributed by atoms with van der Waals surface area (Å²) < 4.78 is 7.80. The van der Waals surface area contributed by atoms with Gasteiger partial charge in [0.05, 0.1) is 5.69 Å². The molecule has 0 unspecified atom stereocenters. The summed E-state index contributed by atoms with van der Waals surface area (Å²) in [5.74, 6) is 1.04. The number of benzene rings is 1. The van der Waals surface area contributed by atoms with Crippen LogP contribution in [0.1, 0.15) is 60.5 Å². The minimum atomic E-state index is -0.630. The third kappa shape index (κ3) is 4.05. The van der Waals surface area contributed by atoms with Gasteiger partial charge in [0.25, 0.3) is 0 Å². The van der Waals surface area contributed by atoms with E-state index < -0.39 is 18.1 Å². The van der Waals surface area contributed by atoms with Gasteiger partial charge in [-0.3, -0.25) is 9.59 Å². The molecule has 2 N–H and O–H groups in total. The number of oxazole rings is 1. The highest BCUT2D eigenvalue weighted by molar-refractivity contribution is 5.98. The van der Waals surface area contributed by atoms with Crippen molar-refractivity contribution >= 4 is 11.8 Å². The number of hydrogen-bond donors (Lipinski definition) is 2. The lowest BCUT2D eigenvalue weighted by Crippen LogP contribution is -2.67. The molecular formula is C28H34N6O3. The predicted molar refractivity (Wildman–Crippen MR) is 136 cm³/mol. The molecule has 0 saturated carbocycles. The van der Waals surface area contributed by atoms with Crippen molar-refractivity contribution in [3.63, 3.8) is 0 Å². The lowest BCUT2D eigenvalue weighted by molar-refractivity contribution is -0.155. The van der Waals surface area contributed by atoms with Crippen molar-refractivity contribution < 1.29 is 14.0 Å². The zero-order chi connectivity index (χ0) is 25.7. The first-order chi connectivity index (χ1) is 18.0. The van der Waals surface area contributed by atoms with Crippen molar-refractivity contribution in [2.45, 2.75) is 71.2 Å². The van der Waals surface area contributed by atoms with E-state index in [-0.39, 0.29) is 23.7 Å². The monoisotopic (exact) mass is 502 g/mol. The Balaban J connectivity index is 1.45. The molecule has 0 bridgehead atoms. The van der Waals surface area contributed by atoms with E-state index in [0.29, 0.717) is 18.1 Å². The maximum atomic E-state index is 14.5. The molecule has 2 aliphatic heterocycles. The van der Waals surface area contributed by atoms with Gasteiger partial charge in [0.2, 0.25) is 11.8 Å². The number of nitrogens with one attached hydrogen (secondary N) is 2. The van der Waals surface area contributed by atoms with E-state index in [1.165, 1.54) is 11.1 Å². The number of piperazine rings is 1. The first-order valence-corrected chi connectivity index (χ1v) is 13.3. The molecule has 1 aromatic carbocycles. The summed E-state index contributed by atoms with van der Waals surface area (Å²) in [6.45, 7) is 8.14. The minimum absolute atomic E-state index is 0.00678. The number of nitrogens with zero attached hydrogens (tertiary/aromatic N) is 4. The molecule has 0 spiro atoms. The largest absolute Gasteiger partial charge is 0.449 e. The molecule has 9 nitrogen and oxygen atoms in total. The molecule has 2 amide bonds. The summed E-state index contributed by atoms with van der Waals surface area (Å²) in [5, 5.41) is 6.53. The molecule has 1 aliphatic carbocycles. The van der Waals surface area contributed by atoms with Crippen LogP contribution in [-0.2, 0) is 35.5 Å². The van der Waals surface area contributed by atoms with Gasteiger partial charge >= 0.3 is 0 Å². The number of rotatable bonds is 6. The van der Waals surface area contributed by atoms with Gasteiger partial charge in [-0.05, 0) is 35.8 Å². The number of aromatic nitrogens is 3. The maximum absolute atomic E-state index is 14.5. The molecule has 0 radical (unpaired) electrons. The Bertz CT molecular complexity index is 1300. The van der Waals surface area contributed by atoms with Gasteiger partial charge in [0.15, 0.2) is 5.89 Å². The van der Waals surface area contributed by atoms with Crippen LogP contribution in [0.15, 0.2) is 41.1 Å². The van der Waals surface area contributed by atoms with Crippen molar-refractivity contribution in [2.24, 2.45) is 11.8 Å². The second kappa shape index (κ2) is 9.45. The van der Waals surface area contributed by atoms with Crippen molar-refractivity contribution in [3.8, 4) is 0 Å². The van der Waals surface area contributed by atoms with Gasteiger partial charge in [-0.2, -0.15) is 0 Å². The van der Waals surface area contributed by atoms with Crippen molar-refractivity contribution in [1.82, 2.24) is 30.1 Å². The SMILES string of the molecule is CC[C@H](C)[C@@H]1C(=O)N[C@H](C2Cc3ccccc3C2)C(=O)N1[C@@H](c1coc(C)n1)c1ncc2n1CCNC2. The Morgan fingerprint density at radius 2 is 1.95 bits per heavy atom. The van der Waals surface area contributed by atoms with Crippen LogP contribution in [0.5, 0.6) is 0 Å². The van der Waals surface area contributed by atoms with E-state index in [1.807, 2.05) is 25.3 Å². The Labute approximate surface area is 216 Å². The van der Waals surface area contributed by atoms with Crippen molar-refractivity contribution in [1.29, 1.82) is 0 Å². The van der Waals surface area contributed by atoms with Gasteiger partial charge in [-0.25, -0.2) is 9.97 Å². The van der Waals surface area contributed by atoms with Gasteiger partial charge < -0.3 is 24.5 Å². The number of imidazole rings is 1. The van der Waals surface area contributed by atoms with E-state index in [4.69, 9.17) is 9.40 Å². The molecule has 9 heteroatoms. The summed E-state index contributed by atoms with van der Waals surface area (Å²) >= 11 is 0. The Hall–Kier alpha value is -3.46. The quantitative estimate of drug-likeness (QED) is 0.537. The minimum Gasteiger partial charge on any atom is -0.449 e. The van der Waals surface area contributed by atoms with Gasteiger partial charge in [-0.1, -0.05) is 44.5 Å². The third-order valence-corrected chi connectivity index (χ3v) is 8.35. The van der Waals surface area contributed by atoms with E-state index in [9.17, 15) is 9.59 Å². The summed E-state index contributed by atoms with van der Waals surface area (Å²) in [6, 6.07) is 6.46. The Morgan fingerprint density at radius 3 is 2.62 bits per heavy atom. The van der Waals surface area contributed by atoms with Crippen LogP contribution in [0.3, 0.4) is 0 Å². The molecule has 4 heterocycles. The average molecular weight is 503 g/mol. The maximum Gasteiger partial charge on any atom is 0.247 e. The summed E-state index contributed by atoms with van der Waals surface area (Å²) in [5.41, 5.74) is 4.17. The van der Waals surface area contributed by atoms with Gasteiger partial charge in [-0.15, -0.1) is 0 Å². The lowest BCUT2D eigenvalue weighted by atomic mass is 9.86. The highest BCUT2D eigenvalue weighted by atomic mass is 16.3. The molecule has 3 aromatic rings. The van der Waals surface area contributed by atoms with Crippen LogP contribution in [-0.4, -0.2) is 49.9 Å². The van der Waals surface area contributed by atoms with E-state index in [1.54, 1.807) is 18.1 Å². The number of fused-ring (bicyclic) bond motifs is 2. The standard InChI is InChI=1S/C28H34N6O3/c1-4-16(2)24-27(35)32-23(20-11-18-7-5-6-8-19(18)12-20)28(36)34(24)25(22-15-37-17(3)31-22)26-30-14-21-13-29-9-10-33(21)26/h5-8,14-16,20,23-25,29H,4,9-13H2,1-3H3,(H,32,35)/t16-,23+,24+,25-/m0/s1. The molecule has 6 rings (SSSR count). The molecular weight excluding hydrogens is 468 g/mol. The number of hydrogen-bond acceptors (Lipinski definition) is 6. The van der Waals surface area contributed by atoms with Gasteiger partial charge in [0, 0.05) is 32.8 Å². The van der Waals surface area contributed by atoms with Crippen LogP contribution in [0.2, 0.25) is 0 Å².